The predicted molar refractivity (Wildman–Crippen MR) is 156 cm³/mol. The van der Waals surface area contributed by atoms with Crippen LogP contribution in [0.1, 0.15) is 19.4 Å². The van der Waals surface area contributed by atoms with Crippen LogP contribution in [0.15, 0.2) is 91.5 Å². The van der Waals surface area contributed by atoms with Crippen molar-refractivity contribution in [2.45, 2.75) is 19.3 Å². The third-order valence-corrected chi connectivity index (χ3v) is 7.02. The second kappa shape index (κ2) is 10.3. The van der Waals surface area contributed by atoms with Gasteiger partial charge in [0.2, 0.25) is 6.41 Å². The van der Waals surface area contributed by atoms with Crippen molar-refractivity contribution in [2.75, 3.05) is 23.9 Å². The first-order valence-electron chi connectivity index (χ1n) is 12.6. The molecule has 0 bridgehead atoms. The van der Waals surface area contributed by atoms with E-state index < -0.39 is 5.41 Å². The van der Waals surface area contributed by atoms with Crippen LogP contribution < -0.4 is 9.80 Å². The molecule has 5 rings (SSSR count). The van der Waals surface area contributed by atoms with Crippen molar-refractivity contribution < 1.29 is 4.79 Å². The predicted octanol–water partition coefficient (Wildman–Crippen LogP) is 6.52. The van der Waals surface area contributed by atoms with Crippen LogP contribution in [0.25, 0.3) is 33.3 Å². The number of carbonyl (C=O) groups excluding carboxylic acids is 1. The molecule has 0 unspecified atom stereocenters. The summed E-state index contributed by atoms with van der Waals surface area (Å²) < 4.78 is 0. The van der Waals surface area contributed by atoms with Gasteiger partial charge in [-0.05, 0) is 67.4 Å². The van der Waals surface area contributed by atoms with Gasteiger partial charge in [-0.2, -0.15) is 5.26 Å². The lowest BCUT2D eigenvalue weighted by molar-refractivity contribution is -0.107. The van der Waals surface area contributed by atoms with E-state index in [0.29, 0.717) is 5.69 Å². The lowest BCUT2D eigenvalue weighted by Gasteiger charge is -2.27. The van der Waals surface area contributed by atoms with Crippen molar-refractivity contribution in [3.05, 3.63) is 97.1 Å². The van der Waals surface area contributed by atoms with Gasteiger partial charge in [0, 0.05) is 54.9 Å². The van der Waals surface area contributed by atoms with Crippen LogP contribution in [0.4, 0.5) is 17.1 Å². The van der Waals surface area contributed by atoms with E-state index >= 15 is 0 Å². The molecule has 0 aliphatic rings. The van der Waals surface area contributed by atoms with E-state index in [0.717, 1.165) is 56.6 Å². The molecule has 0 saturated heterocycles. The maximum absolute atomic E-state index is 11.8. The molecule has 7 nitrogen and oxygen atoms in total. The Morgan fingerprint density at radius 1 is 0.846 bits per heavy atom. The van der Waals surface area contributed by atoms with Gasteiger partial charge < -0.3 is 9.80 Å². The Hall–Kier alpha value is -5.09. The highest BCUT2D eigenvalue weighted by atomic mass is 16.1. The number of anilines is 3. The van der Waals surface area contributed by atoms with Crippen LogP contribution in [0.3, 0.4) is 0 Å². The maximum atomic E-state index is 11.8. The Bertz CT molecular complexity index is 1670. The summed E-state index contributed by atoms with van der Waals surface area (Å²) in [5.41, 5.74) is 7.48. The number of nitrogens with zero attached hydrogens (tertiary/aromatic N) is 6. The first-order chi connectivity index (χ1) is 18.8. The number of aromatic nitrogens is 3. The second-order valence-corrected chi connectivity index (χ2v) is 9.95. The van der Waals surface area contributed by atoms with Gasteiger partial charge in [-0.1, -0.05) is 24.3 Å². The molecular formula is C32H28N6O. The zero-order valence-corrected chi connectivity index (χ0v) is 22.3. The average Bonchev–Trinajstić information content (AvgIpc) is 3.00. The van der Waals surface area contributed by atoms with Crippen molar-refractivity contribution in [3.8, 4) is 28.5 Å². The summed E-state index contributed by atoms with van der Waals surface area (Å²) in [6, 6.07) is 24.3. The molecule has 0 aliphatic carbocycles. The van der Waals surface area contributed by atoms with Crippen molar-refractivity contribution in [3.63, 3.8) is 0 Å². The number of nitriles is 1. The van der Waals surface area contributed by atoms with Gasteiger partial charge in [-0.15, -0.1) is 0 Å². The molecule has 1 amide bonds. The first kappa shape index (κ1) is 25.6. The molecule has 0 fully saturated rings. The van der Waals surface area contributed by atoms with Crippen LogP contribution in [-0.2, 0) is 10.2 Å². The normalized spacial score (nSPS) is 11.2. The Labute approximate surface area is 228 Å². The summed E-state index contributed by atoms with van der Waals surface area (Å²) in [6.45, 7) is 3.80. The molecule has 0 atom stereocenters. The Morgan fingerprint density at radius 2 is 1.56 bits per heavy atom. The van der Waals surface area contributed by atoms with Crippen molar-refractivity contribution in [2.24, 2.45) is 0 Å². The minimum absolute atomic E-state index is 0.584. The van der Waals surface area contributed by atoms with Crippen molar-refractivity contribution in [1.82, 2.24) is 15.0 Å². The van der Waals surface area contributed by atoms with Gasteiger partial charge in [-0.3, -0.25) is 19.7 Å². The number of pyridine rings is 3. The minimum atomic E-state index is -0.584. The zero-order chi connectivity index (χ0) is 27.6. The quantitative estimate of drug-likeness (QED) is 0.231. The van der Waals surface area contributed by atoms with E-state index in [4.69, 9.17) is 0 Å². The lowest BCUT2D eigenvalue weighted by atomic mass is 9.86. The molecule has 0 spiro atoms. The fourth-order valence-electron chi connectivity index (χ4n) is 4.57. The largest absolute Gasteiger partial charge is 0.342 e. The summed E-state index contributed by atoms with van der Waals surface area (Å²) in [4.78, 5) is 28.8. The molecular weight excluding hydrogens is 484 g/mol. The number of hydrogen-bond donors (Lipinski definition) is 0. The SMILES string of the molecule is CN(C=O)c1cnc2ccc(-c3ccc(-c4ccncc4)nc3)cc2c1N(C)c1ccc(C(C)(C)C#N)cc1. The third-order valence-electron chi connectivity index (χ3n) is 7.02. The smallest absolute Gasteiger partial charge is 0.213 e. The molecule has 3 aromatic heterocycles. The number of fused-ring (bicyclic) bond motifs is 1. The highest BCUT2D eigenvalue weighted by Crippen LogP contribution is 2.40. The Kier molecular flexibility index (Phi) is 6.78. The molecule has 0 radical (unpaired) electrons. The van der Waals surface area contributed by atoms with Gasteiger partial charge in [-0.25, -0.2) is 0 Å². The van der Waals surface area contributed by atoms with E-state index in [1.54, 1.807) is 25.6 Å². The molecule has 2 aromatic carbocycles. The van der Waals surface area contributed by atoms with Crippen molar-refractivity contribution in [1.29, 1.82) is 5.26 Å². The van der Waals surface area contributed by atoms with Crippen LogP contribution in [0.2, 0.25) is 0 Å². The minimum Gasteiger partial charge on any atom is -0.342 e. The number of carbonyl (C=O) groups is 1. The average molecular weight is 513 g/mol. The van der Waals surface area contributed by atoms with Crippen LogP contribution >= 0.6 is 0 Å². The van der Waals surface area contributed by atoms with Gasteiger partial charge in [0.05, 0.1) is 40.3 Å². The molecule has 7 heteroatoms. The number of benzene rings is 2. The van der Waals surface area contributed by atoms with E-state index in [1.165, 1.54) is 4.90 Å². The third kappa shape index (κ3) is 4.92. The summed E-state index contributed by atoms with van der Waals surface area (Å²) in [5, 5.41) is 10.4. The molecule has 0 saturated carbocycles. The fraction of sp³-hybridized carbons (Fsp3) is 0.156. The number of hydrogen-bond acceptors (Lipinski definition) is 6. The van der Waals surface area contributed by atoms with Gasteiger partial charge in [0.25, 0.3) is 0 Å². The van der Waals surface area contributed by atoms with Gasteiger partial charge in [0.1, 0.15) is 0 Å². The van der Waals surface area contributed by atoms with Crippen LogP contribution in [-0.4, -0.2) is 35.5 Å². The second-order valence-electron chi connectivity index (χ2n) is 9.95. The maximum Gasteiger partial charge on any atom is 0.213 e. The molecule has 39 heavy (non-hydrogen) atoms. The number of amides is 1. The molecule has 192 valence electrons. The summed E-state index contributed by atoms with van der Waals surface area (Å²) in [7, 11) is 3.69. The van der Waals surface area contributed by atoms with Crippen LogP contribution in [0, 0.1) is 11.3 Å². The van der Waals surface area contributed by atoms with E-state index in [9.17, 15) is 10.1 Å². The monoisotopic (exact) mass is 512 g/mol. The molecule has 0 aliphatic heterocycles. The van der Waals surface area contributed by atoms with Crippen LogP contribution in [0.5, 0.6) is 0 Å². The molecule has 0 N–H and O–H groups in total. The standard InChI is InChI=1S/C32H28N6O/c1-32(2,20-33)25-7-9-26(10-8-25)38(4)31-27-17-23(5-12-29(27)36-19-30(31)37(3)21-39)24-6-11-28(35-18-24)22-13-15-34-16-14-22/h5-19,21H,1-4H3. The number of rotatable bonds is 7. The Balaban J connectivity index is 1.60. The Morgan fingerprint density at radius 3 is 2.21 bits per heavy atom. The first-order valence-corrected chi connectivity index (χ1v) is 12.6. The highest BCUT2D eigenvalue weighted by molar-refractivity contribution is 6.04. The van der Waals surface area contributed by atoms with Gasteiger partial charge >= 0.3 is 0 Å². The van der Waals surface area contributed by atoms with E-state index in [1.807, 2.05) is 81.7 Å². The van der Waals surface area contributed by atoms with E-state index in [-0.39, 0.29) is 0 Å². The van der Waals surface area contributed by atoms with Gasteiger partial charge in [0.15, 0.2) is 0 Å². The highest BCUT2D eigenvalue weighted by Gasteiger charge is 2.21. The fourth-order valence-corrected chi connectivity index (χ4v) is 4.57. The topological polar surface area (TPSA) is 86.0 Å². The van der Waals surface area contributed by atoms with E-state index in [2.05, 4.69) is 38.1 Å². The zero-order valence-electron chi connectivity index (χ0n) is 22.3. The molecule has 3 heterocycles. The summed E-state index contributed by atoms with van der Waals surface area (Å²) in [6.07, 6.45) is 7.88. The molecule has 5 aromatic rings. The van der Waals surface area contributed by atoms with Crippen molar-refractivity contribution >= 4 is 34.4 Å². The summed E-state index contributed by atoms with van der Waals surface area (Å²) >= 11 is 0. The lowest BCUT2D eigenvalue weighted by Crippen LogP contribution is -2.20. The summed E-state index contributed by atoms with van der Waals surface area (Å²) in [5.74, 6) is 0.